The third kappa shape index (κ3) is 1.25. The fourth-order valence-electron chi connectivity index (χ4n) is 1.58. The van der Waals surface area contributed by atoms with E-state index in [4.69, 9.17) is 4.42 Å². The number of hydrogen-bond donors (Lipinski definition) is 0. The van der Waals surface area contributed by atoms with Crippen LogP contribution in [0.4, 0.5) is 0 Å². The first-order chi connectivity index (χ1) is 6.59. The van der Waals surface area contributed by atoms with Crippen LogP contribution < -0.4 is 5.56 Å². The van der Waals surface area contributed by atoms with Crippen molar-refractivity contribution < 1.29 is 4.42 Å². The van der Waals surface area contributed by atoms with Gasteiger partial charge in [0, 0.05) is 12.2 Å². The van der Waals surface area contributed by atoms with Gasteiger partial charge in [-0.2, -0.15) is 0 Å². The van der Waals surface area contributed by atoms with Gasteiger partial charge < -0.3 is 8.98 Å². The van der Waals surface area contributed by atoms with Crippen molar-refractivity contribution in [3.05, 3.63) is 34.4 Å². The lowest BCUT2D eigenvalue weighted by Gasteiger charge is -2.08. The van der Waals surface area contributed by atoms with Crippen LogP contribution in [-0.4, -0.2) is 4.57 Å². The molecule has 0 unspecified atom stereocenters. The number of rotatable bonds is 1. The van der Waals surface area contributed by atoms with Crippen molar-refractivity contribution in [3.8, 4) is 0 Å². The fraction of sp³-hybridized carbons (Fsp3) is 0.364. The van der Waals surface area contributed by atoms with Crippen molar-refractivity contribution >= 4 is 11.0 Å². The van der Waals surface area contributed by atoms with Crippen LogP contribution in [0.1, 0.15) is 25.6 Å². The van der Waals surface area contributed by atoms with Crippen molar-refractivity contribution in [1.82, 2.24) is 4.57 Å². The smallest absolute Gasteiger partial charge is 0.261 e. The predicted molar refractivity (Wildman–Crippen MR) is 55.6 cm³/mol. The molecule has 0 spiro atoms. The summed E-state index contributed by atoms with van der Waals surface area (Å²) in [4.78, 5) is 11.9. The van der Waals surface area contributed by atoms with Gasteiger partial charge in [-0.05, 0) is 32.9 Å². The molecule has 0 aromatic carbocycles. The second-order valence-electron chi connectivity index (χ2n) is 3.76. The Morgan fingerprint density at radius 2 is 2.14 bits per heavy atom. The molecule has 0 aliphatic rings. The van der Waals surface area contributed by atoms with E-state index in [1.807, 2.05) is 26.8 Å². The highest BCUT2D eigenvalue weighted by atomic mass is 16.3. The zero-order valence-electron chi connectivity index (χ0n) is 8.57. The quantitative estimate of drug-likeness (QED) is 0.694. The standard InChI is InChI=1S/C11H13NO2/c1-7(2)12-5-4-10-9(11(12)13)6-8(3)14-10/h4-7H,1-3H3. The number of aryl methyl sites for hydroxylation is 1. The summed E-state index contributed by atoms with van der Waals surface area (Å²) in [6.07, 6.45) is 1.78. The molecule has 2 aromatic heterocycles. The zero-order valence-corrected chi connectivity index (χ0v) is 8.57. The number of pyridine rings is 1. The Kier molecular flexibility index (Phi) is 1.95. The Hall–Kier alpha value is -1.51. The Labute approximate surface area is 82.0 Å². The molecule has 0 saturated carbocycles. The predicted octanol–water partition coefficient (Wildman–Crippen LogP) is 2.48. The summed E-state index contributed by atoms with van der Waals surface area (Å²) < 4.78 is 7.08. The van der Waals surface area contributed by atoms with Crippen LogP contribution in [-0.2, 0) is 0 Å². The van der Waals surface area contributed by atoms with E-state index in [0.717, 1.165) is 5.76 Å². The number of furan rings is 1. The molecular weight excluding hydrogens is 178 g/mol. The summed E-state index contributed by atoms with van der Waals surface area (Å²) in [5.74, 6) is 0.776. The first-order valence-corrected chi connectivity index (χ1v) is 4.71. The molecule has 0 aliphatic heterocycles. The minimum absolute atomic E-state index is 0.0225. The molecule has 74 valence electrons. The SMILES string of the molecule is Cc1cc2c(=O)n(C(C)C)ccc2o1. The highest BCUT2D eigenvalue weighted by Crippen LogP contribution is 2.15. The van der Waals surface area contributed by atoms with Gasteiger partial charge in [-0.1, -0.05) is 0 Å². The molecule has 0 saturated heterocycles. The van der Waals surface area contributed by atoms with E-state index in [1.54, 1.807) is 16.8 Å². The maximum absolute atomic E-state index is 11.9. The van der Waals surface area contributed by atoms with Crippen molar-refractivity contribution in [2.24, 2.45) is 0 Å². The number of nitrogens with zero attached hydrogens (tertiary/aromatic N) is 1. The van der Waals surface area contributed by atoms with Gasteiger partial charge in [0.2, 0.25) is 0 Å². The lowest BCUT2D eigenvalue weighted by atomic mass is 10.3. The zero-order chi connectivity index (χ0) is 10.3. The van der Waals surface area contributed by atoms with Crippen LogP contribution in [0, 0.1) is 6.92 Å². The molecule has 0 aliphatic carbocycles. The summed E-state index contributed by atoms with van der Waals surface area (Å²) >= 11 is 0. The highest BCUT2D eigenvalue weighted by molar-refractivity contribution is 5.76. The summed E-state index contributed by atoms with van der Waals surface area (Å²) in [5, 5.41) is 0.665. The van der Waals surface area contributed by atoms with Crippen LogP contribution in [0.3, 0.4) is 0 Å². The fourth-order valence-corrected chi connectivity index (χ4v) is 1.58. The number of hydrogen-bond acceptors (Lipinski definition) is 2. The summed E-state index contributed by atoms with van der Waals surface area (Å²) in [5.41, 5.74) is 0.693. The molecule has 2 heterocycles. The van der Waals surface area contributed by atoms with Crippen molar-refractivity contribution in [3.63, 3.8) is 0 Å². The minimum Gasteiger partial charge on any atom is -0.461 e. The van der Waals surface area contributed by atoms with Crippen LogP contribution >= 0.6 is 0 Å². The topological polar surface area (TPSA) is 35.1 Å². The largest absolute Gasteiger partial charge is 0.461 e. The van der Waals surface area contributed by atoms with Gasteiger partial charge in [0.15, 0.2) is 0 Å². The van der Waals surface area contributed by atoms with Gasteiger partial charge >= 0.3 is 0 Å². The molecule has 14 heavy (non-hydrogen) atoms. The van der Waals surface area contributed by atoms with Gasteiger partial charge in [-0.15, -0.1) is 0 Å². The van der Waals surface area contributed by atoms with Crippen molar-refractivity contribution in [2.45, 2.75) is 26.8 Å². The van der Waals surface area contributed by atoms with Crippen LogP contribution in [0.2, 0.25) is 0 Å². The normalized spacial score (nSPS) is 11.4. The molecule has 3 nitrogen and oxygen atoms in total. The second-order valence-corrected chi connectivity index (χ2v) is 3.76. The third-order valence-corrected chi connectivity index (χ3v) is 2.29. The van der Waals surface area contributed by atoms with Gasteiger partial charge in [0.25, 0.3) is 5.56 Å². The molecule has 0 bridgehead atoms. The van der Waals surface area contributed by atoms with E-state index in [-0.39, 0.29) is 11.6 Å². The Morgan fingerprint density at radius 1 is 1.43 bits per heavy atom. The van der Waals surface area contributed by atoms with Crippen molar-refractivity contribution in [2.75, 3.05) is 0 Å². The maximum Gasteiger partial charge on any atom is 0.261 e. The molecular formula is C11H13NO2. The Balaban J connectivity index is 2.81. The minimum atomic E-state index is 0.0225. The number of fused-ring (bicyclic) bond motifs is 1. The molecule has 2 rings (SSSR count). The van der Waals surface area contributed by atoms with Crippen LogP contribution in [0.25, 0.3) is 11.0 Å². The average Bonchev–Trinajstić information content (AvgIpc) is 2.46. The number of aromatic nitrogens is 1. The molecule has 0 N–H and O–H groups in total. The van der Waals surface area contributed by atoms with E-state index >= 15 is 0 Å². The Morgan fingerprint density at radius 3 is 2.79 bits per heavy atom. The molecule has 2 aromatic rings. The summed E-state index contributed by atoms with van der Waals surface area (Å²) in [7, 11) is 0. The maximum atomic E-state index is 11.9. The van der Waals surface area contributed by atoms with E-state index in [1.165, 1.54) is 0 Å². The third-order valence-electron chi connectivity index (χ3n) is 2.29. The van der Waals surface area contributed by atoms with Gasteiger partial charge in [-0.25, -0.2) is 0 Å². The molecule has 0 atom stereocenters. The molecule has 0 amide bonds. The summed E-state index contributed by atoms with van der Waals surface area (Å²) in [6, 6.07) is 3.81. The van der Waals surface area contributed by atoms with Gasteiger partial charge in [0.1, 0.15) is 11.3 Å². The van der Waals surface area contributed by atoms with Gasteiger partial charge in [0.05, 0.1) is 5.39 Å². The first-order valence-electron chi connectivity index (χ1n) is 4.71. The Bertz CT molecular complexity index is 520. The van der Waals surface area contributed by atoms with E-state index in [2.05, 4.69) is 0 Å². The lowest BCUT2D eigenvalue weighted by molar-refractivity contribution is 0.566. The van der Waals surface area contributed by atoms with E-state index in [0.29, 0.717) is 11.0 Å². The van der Waals surface area contributed by atoms with Crippen LogP contribution in [0.5, 0.6) is 0 Å². The van der Waals surface area contributed by atoms with E-state index in [9.17, 15) is 4.79 Å². The highest BCUT2D eigenvalue weighted by Gasteiger charge is 2.08. The summed E-state index contributed by atoms with van der Waals surface area (Å²) in [6.45, 7) is 5.82. The van der Waals surface area contributed by atoms with Crippen LogP contribution in [0.15, 0.2) is 27.5 Å². The monoisotopic (exact) mass is 191 g/mol. The van der Waals surface area contributed by atoms with Gasteiger partial charge in [-0.3, -0.25) is 4.79 Å². The molecule has 0 fully saturated rings. The second kappa shape index (κ2) is 3.01. The average molecular weight is 191 g/mol. The molecule has 3 heteroatoms. The molecule has 0 radical (unpaired) electrons. The van der Waals surface area contributed by atoms with E-state index < -0.39 is 0 Å². The lowest BCUT2D eigenvalue weighted by Crippen LogP contribution is -2.20. The first kappa shape index (κ1) is 9.06. The van der Waals surface area contributed by atoms with Crippen molar-refractivity contribution in [1.29, 1.82) is 0 Å².